The maximum absolute atomic E-state index is 6.07. The minimum absolute atomic E-state index is 0.0118. The second kappa shape index (κ2) is 4.06. The van der Waals surface area contributed by atoms with E-state index in [4.69, 9.17) is 4.74 Å². The highest BCUT2D eigenvalue weighted by atomic mass is 16.5. The smallest absolute Gasteiger partial charge is 0.0787 e. The summed E-state index contributed by atoms with van der Waals surface area (Å²) in [4.78, 5) is 0. The first-order valence-electron chi connectivity index (χ1n) is 6.10. The Balaban J connectivity index is 2.63. The molecule has 0 saturated carbocycles. The Kier molecular flexibility index (Phi) is 3.52. The predicted molar refractivity (Wildman–Crippen MR) is 65.1 cm³/mol. The lowest BCUT2D eigenvalue weighted by atomic mass is 9.92. The lowest BCUT2D eigenvalue weighted by Gasteiger charge is -2.31. The van der Waals surface area contributed by atoms with E-state index < -0.39 is 0 Å². The molecule has 0 aromatic rings. The van der Waals surface area contributed by atoms with Crippen LogP contribution in [-0.4, -0.2) is 23.3 Å². The molecule has 0 aromatic carbocycles. The standard InChI is InChI=1S/C13H27NO/c1-9(2)10(3)14-11-8-12(4,5)15-13(11,6)7/h9-11,14H,8H2,1-7H3. The van der Waals surface area contributed by atoms with Crippen molar-refractivity contribution in [3.05, 3.63) is 0 Å². The third kappa shape index (κ3) is 3.18. The Hall–Kier alpha value is -0.0800. The molecule has 0 spiro atoms. The summed E-state index contributed by atoms with van der Waals surface area (Å²) in [6, 6.07) is 1.01. The lowest BCUT2D eigenvalue weighted by molar-refractivity contribution is -0.0706. The Morgan fingerprint density at radius 2 is 1.67 bits per heavy atom. The van der Waals surface area contributed by atoms with E-state index in [1.165, 1.54) is 0 Å². The first kappa shape index (κ1) is 13.0. The van der Waals surface area contributed by atoms with E-state index in [-0.39, 0.29) is 11.2 Å². The molecule has 1 fully saturated rings. The van der Waals surface area contributed by atoms with Gasteiger partial charge in [0.2, 0.25) is 0 Å². The van der Waals surface area contributed by atoms with Gasteiger partial charge in [-0.1, -0.05) is 13.8 Å². The molecule has 90 valence electrons. The maximum atomic E-state index is 6.07. The van der Waals surface area contributed by atoms with Gasteiger partial charge in [-0.2, -0.15) is 0 Å². The molecular formula is C13H27NO. The van der Waals surface area contributed by atoms with Crippen LogP contribution in [0.25, 0.3) is 0 Å². The summed E-state index contributed by atoms with van der Waals surface area (Å²) in [5.74, 6) is 0.671. The van der Waals surface area contributed by atoms with Gasteiger partial charge in [0.25, 0.3) is 0 Å². The van der Waals surface area contributed by atoms with Gasteiger partial charge in [0.1, 0.15) is 0 Å². The van der Waals surface area contributed by atoms with Crippen LogP contribution in [-0.2, 0) is 4.74 Å². The van der Waals surface area contributed by atoms with Gasteiger partial charge in [-0.05, 0) is 47.0 Å². The minimum atomic E-state index is -0.0490. The fraction of sp³-hybridized carbons (Fsp3) is 1.00. The van der Waals surface area contributed by atoms with Gasteiger partial charge in [0, 0.05) is 12.1 Å². The number of nitrogens with one attached hydrogen (secondary N) is 1. The van der Waals surface area contributed by atoms with Gasteiger partial charge in [0.15, 0.2) is 0 Å². The monoisotopic (exact) mass is 213 g/mol. The molecule has 0 amide bonds. The van der Waals surface area contributed by atoms with Crippen molar-refractivity contribution in [2.75, 3.05) is 0 Å². The summed E-state index contributed by atoms with van der Waals surface area (Å²) in [6.45, 7) is 15.5. The first-order valence-corrected chi connectivity index (χ1v) is 6.10. The van der Waals surface area contributed by atoms with Crippen LogP contribution in [0.1, 0.15) is 54.9 Å². The zero-order chi connectivity index (χ0) is 11.9. The normalized spacial score (nSPS) is 30.8. The van der Waals surface area contributed by atoms with Crippen LogP contribution in [0, 0.1) is 5.92 Å². The Labute approximate surface area is 94.8 Å². The number of hydrogen-bond donors (Lipinski definition) is 1. The highest BCUT2D eigenvalue weighted by molar-refractivity contribution is 4.99. The topological polar surface area (TPSA) is 21.3 Å². The molecule has 2 nitrogen and oxygen atoms in total. The van der Waals surface area contributed by atoms with Gasteiger partial charge in [-0.25, -0.2) is 0 Å². The van der Waals surface area contributed by atoms with Crippen LogP contribution in [0.2, 0.25) is 0 Å². The highest BCUT2D eigenvalue weighted by Gasteiger charge is 2.46. The summed E-state index contributed by atoms with van der Waals surface area (Å²) in [6.07, 6.45) is 1.09. The predicted octanol–water partition coefficient (Wildman–Crippen LogP) is 2.97. The molecule has 2 heteroatoms. The molecule has 2 unspecified atom stereocenters. The zero-order valence-electron chi connectivity index (χ0n) is 11.3. The van der Waals surface area contributed by atoms with Crippen molar-refractivity contribution in [1.82, 2.24) is 5.32 Å². The van der Waals surface area contributed by atoms with Crippen molar-refractivity contribution < 1.29 is 4.74 Å². The summed E-state index contributed by atoms with van der Waals surface area (Å²) in [5.41, 5.74) is -0.0372. The molecule has 2 atom stereocenters. The third-order valence-electron chi connectivity index (χ3n) is 3.54. The molecule has 0 radical (unpaired) electrons. The molecule has 0 aromatic heterocycles. The van der Waals surface area contributed by atoms with E-state index in [0.717, 1.165) is 6.42 Å². The fourth-order valence-electron chi connectivity index (χ4n) is 2.33. The summed E-state index contributed by atoms with van der Waals surface area (Å²) in [5, 5.41) is 3.70. The van der Waals surface area contributed by atoms with Crippen LogP contribution in [0.4, 0.5) is 0 Å². The molecule has 0 bridgehead atoms. The fourth-order valence-corrected chi connectivity index (χ4v) is 2.33. The van der Waals surface area contributed by atoms with Crippen LogP contribution < -0.4 is 5.32 Å². The van der Waals surface area contributed by atoms with Gasteiger partial charge in [-0.15, -0.1) is 0 Å². The first-order chi connectivity index (χ1) is 6.64. The summed E-state index contributed by atoms with van der Waals surface area (Å²) < 4.78 is 6.07. The number of hydrogen-bond acceptors (Lipinski definition) is 2. The van der Waals surface area contributed by atoms with Crippen LogP contribution >= 0.6 is 0 Å². The van der Waals surface area contributed by atoms with Gasteiger partial charge >= 0.3 is 0 Å². The molecule has 1 heterocycles. The second-order valence-corrected chi connectivity index (χ2v) is 6.42. The SMILES string of the molecule is CC(C)C(C)NC1CC(C)(C)OC1(C)C. The second-order valence-electron chi connectivity index (χ2n) is 6.42. The molecule has 1 saturated heterocycles. The molecule has 1 aliphatic heterocycles. The average molecular weight is 213 g/mol. The molecule has 1 aliphatic rings. The summed E-state index contributed by atoms with van der Waals surface area (Å²) >= 11 is 0. The van der Waals surface area contributed by atoms with E-state index in [2.05, 4.69) is 53.8 Å². The average Bonchev–Trinajstić information content (AvgIpc) is 2.18. The van der Waals surface area contributed by atoms with Crippen LogP contribution in [0.15, 0.2) is 0 Å². The Bertz CT molecular complexity index is 221. The van der Waals surface area contributed by atoms with Crippen molar-refractivity contribution in [2.24, 2.45) is 5.92 Å². The van der Waals surface area contributed by atoms with Crippen molar-refractivity contribution in [3.8, 4) is 0 Å². The van der Waals surface area contributed by atoms with E-state index in [9.17, 15) is 0 Å². The van der Waals surface area contributed by atoms with Crippen LogP contribution in [0.3, 0.4) is 0 Å². The highest BCUT2D eigenvalue weighted by Crippen LogP contribution is 2.37. The quantitative estimate of drug-likeness (QED) is 0.778. The number of ether oxygens (including phenoxy) is 1. The Morgan fingerprint density at radius 3 is 2.00 bits per heavy atom. The zero-order valence-corrected chi connectivity index (χ0v) is 11.3. The lowest BCUT2D eigenvalue weighted by Crippen LogP contribution is -2.48. The molecule has 1 N–H and O–H groups in total. The van der Waals surface area contributed by atoms with E-state index >= 15 is 0 Å². The molecule has 1 rings (SSSR count). The molecule has 0 aliphatic carbocycles. The van der Waals surface area contributed by atoms with Gasteiger partial charge in [-0.3, -0.25) is 0 Å². The van der Waals surface area contributed by atoms with E-state index in [1.807, 2.05) is 0 Å². The summed E-state index contributed by atoms with van der Waals surface area (Å²) in [7, 11) is 0. The third-order valence-corrected chi connectivity index (χ3v) is 3.54. The minimum Gasteiger partial charge on any atom is -0.368 e. The van der Waals surface area contributed by atoms with Crippen LogP contribution in [0.5, 0.6) is 0 Å². The van der Waals surface area contributed by atoms with Gasteiger partial charge in [0.05, 0.1) is 11.2 Å². The van der Waals surface area contributed by atoms with Crippen molar-refractivity contribution in [2.45, 2.75) is 78.2 Å². The molecular weight excluding hydrogens is 186 g/mol. The largest absolute Gasteiger partial charge is 0.368 e. The van der Waals surface area contributed by atoms with E-state index in [0.29, 0.717) is 18.0 Å². The van der Waals surface area contributed by atoms with Crippen molar-refractivity contribution in [1.29, 1.82) is 0 Å². The Morgan fingerprint density at radius 1 is 1.13 bits per heavy atom. The van der Waals surface area contributed by atoms with E-state index in [1.54, 1.807) is 0 Å². The molecule has 15 heavy (non-hydrogen) atoms. The number of rotatable bonds is 3. The maximum Gasteiger partial charge on any atom is 0.0787 e. The van der Waals surface area contributed by atoms with Crippen molar-refractivity contribution >= 4 is 0 Å². The van der Waals surface area contributed by atoms with Crippen molar-refractivity contribution in [3.63, 3.8) is 0 Å². The van der Waals surface area contributed by atoms with Gasteiger partial charge < -0.3 is 10.1 Å².